The van der Waals surface area contributed by atoms with Gasteiger partial charge in [0.05, 0.1) is 17.4 Å². The highest BCUT2D eigenvalue weighted by molar-refractivity contribution is 5.60. The van der Waals surface area contributed by atoms with Gasteiger partial charge in [0.25, 0.3) is 0 Å². The number of hydrogen-bond acceptors (Lipinski definition) is 4. The molecular formula is C17H25N3O. The molecule has 1 aromatic carbocycles. The topological polar surface area (TPSA) is 48.3 Å². The van der Waals surface area contributed by atoms with Crippen LogP contribution in [0.3, 0.4) is 0 Å². The van der Waals surface area contributed by atoms with Crippen molar-refractivity contribution in [3.05, 3.63) is 29.3 Å². The molecule has 1 N–H and O–H groups in total. The van der Waals surface area contributed by atoms with E-state index in [1.807, 2.05) is 6.07 Å². The lowest BCUT2D eigenvalue weighted by molar-refractivity contribution is 0.0819. The summed E-state index contributed by atoms with van der Waals surface area (Å²) in [7, 11) is 1.78. The van der Waals surface area contributed by atoms with Gasteiger partial charge in [0.15, 0.2) is 0 Å². The lowest BCUT2D eigenvalue weighted by Crippen LogP contribution is -2.37. The molecule has 1 saturated heterocycles. The Bertz CT molecular complexity index is 487. The Labute approximate surface area is 127 Å². The van der Waals surface area contributed by atoms with Crippen LogP contribution >= 0.6 is 0 Å². The van der Waals surface area contributed by atoms with Crippen LogP contribution in [-0.4, -0.2) is 32.8 Å². The zero-order valence-corrected chi connectivity index (χ0v) is 13.1. The fourth-order valence-electron chi connectivity index (χ4n) is 2.80. The van der Waals surface area contributed by atoms with Gasteiger partial charge in [-0.15, -0.1) is 0 Å². The Morgan fingerprint density at radius 3 is 2.76 bits per heavy atom. The normalized spacial score (nSPS) is 16.0. The molecule has 114 valence electrons. The molecule has 1 aromatic rings. The van der Waals surface area contributed by atoms with Crippen LogP contribution in [0.5, 0.6) is 0 Å². The van der Waals surface area contributed by atoms with Crippen LogP contribution < -0.4 is 10.2 Å². The first kappa shape index (κ1) is 15.8. The lowest BCUT2D eigenvalue weighted by Gasteiger charge is -2.33. The number of nitrogens with one attached hydrogen (secondary N) is 1. The average Bonchev–Trinajstić information content (AvgIpc) is 2.55. The van der Waals surface area contributed by atoms with E-state index in [2.05, 4.69) is 35.3 Å². The summed E-state index contributed by atoms with van der Waals surface area (Å²) in [5.74, 6) is 0. The van der Waals surface area contributed by atoms with Crippen molar-refractivity contribution in [3.63, 3.8) is 0 Å². The molecule has 1 fully saturated rings. The second kappa shape index (κ2) is 8.02. The van der Waals surface area contributed by atoms with Crippen molar-refractivity contribution in [1.82, 2.24) is 5.32 Å². The van der Waals surface area contributed by atoms with Crippen molar-refractivity contribution < 1.29 is 4.74 Å². The second-order valence-corrected chi connectivity index (χ2v) is 5.56. The largest absolute Gasteiger partial charge is 0.381 e. The molecule has 1 aliphatic heterocycles. The monoisotopic (exact) mass is 287 g/mol. The molecule has 0 aromatic heterocycles. The van der Waals surface area contributed by atoms with Crippen molar-refractivity contribution in [1.29, 1.82) is 5.26 Å². The highest BCUT2D eigenvalue weighted by Crippen LogP contribution is 2.25. The molecule has 0 bridgehead atoms. The highest BCUT2D eigenvalue weighted by atomic mass is 16.5. The number of rotatable bonds is 6. The maximum absolute atomic E-state index is 9.42. The van der Waals surface area contributed by atoms with Crippen LogP contribution in [0.2, 0.25) is 0 Å². The molecule has 0 aliphatic carbocycles. The van der Waals surface area contributed by atoms with Gasteiger partial charge in [-0.3, -0.25) is 0 Å². The van der Waals surface area contributed by atoms with E-state index < -0.39 is 0 Å². The minimum absolute atomic E-state index is 0.365. The fourth-order valence-corrected chi connectivity index (χ4v) is 2.80. The van der Waals surface area contributed by atoms with E-state index in [1.54, 1.807) is 7.11 Å². The smallest absolute Gasteiger partial charge is 0.101 e. The second-order valence-electron chi connectivity index (χ2n) is 5.56. The van der Waals surface area contributed by atoms with Gasteiger partial charge in [0.1, 0.15) is 6.07 Å². The Balaban J connectivity index is 2.05. The minimum atomic E-state index is 0.365. The number of nitrogens with zero attached hydrogens (tertiary/aromatic N) is 2. The first-order valence-corrected chi connectivity index (χ1v) is 7.80. The van der Waals surface area contributed by atoms with E-state index in [1.165, 1.54) is 5.56 Å². The van der Waals surface area contributed by atoms with Gasteiger partial charge in [-0.1, -0.05) is 13.0 Å². The van der Waals surface area contributed by atoms with Gasteiger partial charge in [-0.25, -0.2) is 0 Å². The van der Waals surface area contributed by atoms with E-state index in [0.717, 1.165) is 56.7 Å². The molecule has 4 nitrogen and oxygen atoms in total. The standard InChI is InChI=1S/C17H25N3O/c1-3-8-19-13-14-4-5-17(15(11-14)12-18)20-9-6-16(21-2)7-10-20/h4-5,11,16,19H,3,6-10,13H2,1-2H3. The summed E-state index contributed by atoms with van der Waals surface area (Å²) in [4.78, 5) is 2.30. The summed E-state index contributed by atoms with van der Waals surface area (Å²) in [6, 6.07) is 8.58. The molecule has 0 amide bonds. The number of piperidine rings is 1. The van der Waals surface area contributed by atoms with Crippen molar-refractivity contribution in [2.24, 2.45) is 0 Å². The van der Waals surface area contributed by atoms with Gasteiger partial charge in [0, 0.05) is 26.7 Å². The van der Waals surface area contributed by atoms with Crippen LogP contribution in [0.4, 0.5) is 5.69 Å². The lowest BCUT2D eigenvalue weighted by atomic mass is 10.0. The van der Waals surface area contributed by atoms with Crippen LogP contribution in [-0.2, 0) is 11.3 Å². The third-order valence-corrected chi connectivity index (χ3v) is 4.05. The molecular weight excluding hydrogens is 262 g/mol. The van der Waals surface area contributed by atoms with Gasteiger partial charge < -0.3 is 15.0 Å². The molecule has 1 aliphatic rings. The fraction of sp³-hybridized carbons (Fsp3) is 0.588. The third-order valence-electron chi connectivity index (χ3n) is 4.05. The zero-order chi connectivity index (χ0) is 15.1. The average molecular weight is 287 g/mol. The number of anilines is 1. The summed E-state index contributed by atoms with van der Waals surface area (Å²) in [6.07, 6.45) is 3.55. The SMILES string of the molecule is CCCNCc1ccc(N2CCC(OC)CC2)c(C#N)c1. The molecule has 1 heterocycles. The van der Waals surface area contributed by atoms with E-state index >= 15 is 0 Å². The molecule has 0 unspecified atom stereocenters. The van der Waals surface area contributed by atoms with Crippen molar-refractivity contribution >= 4 is 5.69 Å². The zero-order valence-electron chi connectivity index (χ0n) is 13.1. The van der Waals surface area contributed by atoms with Gasteiger partial charge in [0.2, 0.25) is 0 Å². The summed E-state index contributed by atoms with van der Waals surface area (Å²) in [6.45, 7) is 5.91. The quantitative estimate of drug-likeness (QED) is 0.817. The summed E-state index contributed by atoms with van der Waals surface area (Å²) in [5.41, 5.74) is 3.02. The molecule has 0 spiro atoms. The summed E-state index contributed by atoms with van der Waals surface area (Å²) < 4.78 is 5.41. The van der Waals surface area contributed by atoms with Crippen molar-refractivity contribution in [3.8, 4) is 6.07 Å². The highest BCUT2D eigenvalue weighted by Gasteiger charge is 2.20. The minimum Gasteiger partial charge on any atom is -0.381 e. The van der Waals surface area contributed by atoms with Crippen LogP contribution in [0.25, 0.3) is 0 Å². The number of ether oxygens (including phenoxy) is 1. The molecule has 21 heavy (non-hydrogen) atoms. The molecule has 0 atom stereocenters. The molecule has 2 rings (SSSR count). The van der Waals surface area contributed by atoms with Crippen LogP contribution in [0, 0.1) is 11.3 Å². The van der Waals surface area contributed by atoms with Crippen LogP contribution in [0.1, 0.15) is 37.3 Å². The predicted molar refractivity (Wildman–Crippen MR) is 85.4 cm³/mol. The first-order valence-electron chi connectivity index (χ1n) is 7.80. The maximum Gasteiger partial charge on any atom is 0.101 e. The third kappa shape index (κ3) is 4.20. The number of hydrogen-bond donors (Lipinski definition) is 1. The Morgan fingerprint density at radius 1 is 1.38 bits per heavy atom. The predicted octanol–water partition coefficient (Wildman–Crippen LogP) is 2.67. The molecule has 0 radical (unpaired) electrons. The van der Waals surface area contributed by atoms with Crippen LogP contribution in [0.15, 0.2) is 18.2 Å². The van der Waals surface area contributed by atoms with E-state index in [0.29, 0.717) is 6.10 Å². The number of nitriles is 1. The van der Waals surface area contributed by atoms with Crippen molar-refractivity contribution in [2.45, 2.75) is 38.8 Å². The number of benzene rings is 1. The Morgan fingerprint density at radius 2 is 2.14 bits per heavy atom. The molecule has 0 saturated carbocycles. The Kier molecular flexibility index (Phi) is 6.04. The van der Waals surface area contributed by atoms with E-state index in [-0.39, 0.29) is 0 Å². The van der Waals surface area contributed by atoms with Gasteiger partial charge in [-0.2, -0.15) is 5.26 Å². The number of methoxy groups -OCH3 is 1. The first-order chi connectivity index (χ1) is 10.3. The van der Waals surface area contributed by atoms with Crippen molar-refractivity contribution in [2.75, 3.05) is 31.6 Å². The summed E-state index contributed by atoms with van der Waals surface area (Å²) in [5, 5.41) is 12.8. The summed E-state index contributed by atoms with van der Waals surface area (Å²) >= 11 is 0. The van der Waals surface area contributed by atoms with Gasteiger partial charge in [-0.05, 0) is 43.5 Å². The van der Waals surface area contributed by atoms with Gasteiger partial charge >= 0.3 is 0 Å². The van der Waals surface area contributed by atoms with E-state index in [4.69, 9.17) is 4.74 Å². The molecule has 4 heteroatoms. The van der Waals surface area contributed by atoms with E-state index in [9.17, 15) is 5.26 Å². The Hall–Kier alpha value is -1.57. The maximum atomic E-state index is 9.42.